The summed E-state index contributed by atoms with van der Waals surface area (Å²) in [6.07, 6.45) is 5.88. The average Bonchev–Trinajstić information content (AvgIpc) is 3.54. The maximum absolute atomic E-state index is 13.0. The number of piperidine rings is 2. The van der Waals surface area contributed by atoms with Gasteiger partial charge in [-0.3, -0.25) is 9.59 Å². The predicted octanol–water partition coefficient (Wildman–Crippen LogP) is 6.57. The van der Waals surface area contributed by atoms with Gasteiger partial charge in [0, 0.05) is 49.1 Å². The molecule has 1 unspecified atom stereocenters. The Labute approximate surface area is 246 Å². The Bertz CT molecular complexity index is 1420. The van der Waals surface area contributed by atoms with Gasteiger partial charge < -0.3 is 19.6 Å². The fraction of sp³-hybridized carbons (Fsp3) is 0.485. The molecule has 3 fully saturated rings. The molecule has 0 spiro atoms. The number of likely N-dealkylation sites (tertiary alicyclic amines) is 1. The fourth-order valence-electron chi connectivity index (χ4n) is 6.96. The smallest absolute Gasteiger partial charge is 0.303 e. The van der Waals surface area contributed by atoms with E-state index in [1.165, 1.54) is 6.42 Å². The summed E-state index contributed by atoms with van der Waals surface area (Å²) in [7, 11) is 0. The maximum Gasteiger partial charge on any atom is 0.303 e. The highest BCUT2D eigenvalue weighted by atomic mass is 32.1. The third-order valence-electron chi connectivity index (χ3n) is 9.23. The number of nitrogens with zero attached hydrogens (tertiary/aromatic N) is 3. The molecule has 1 amide bonds. The maximum atomic E-state index is 13.0. The molecular weight excluding hydrogens is 534 g/mol. The number of ether oxygens (including phenoxy) is 1. The number of carboxylic acid groups (broad SMARTS) is 1. The number of aryl methyl sites for hydroxylation is 2. The molecule has 0 radical (unpaired) electrons. The van der Waals surface area contributed by atoms with Crippen molar-refractivity contribution >= 4 is 28.3 Å². The van der Waals surface area contributed by atoms with Crippen LogP contribution in [0.1, 0.15) is 65.6 Å². The van der Waals surface area contributed by atoms with Crippen LogP contribution in [-0.4, -0.2) is 53.0 Å². The van der Waals surface area contributed by atoms with Gasteiger partial charge in [0.1, 0.15) is 12.4 Å². The minimum atomic E-state index is -0.680. The molecule has 2 saturated heterocycles. The van der Waals surface area contributed by atoms with Crippen LogP contribution in [0.3, 0.4) is 0 Å². The Morgan fingerprint density at radius 3 is 2.49 bits per heavy atom. The van der Waals surface area contributed by atoms with Gasteiger partial charge in [-0.1, -0.05) is 17.7 Å². The van der Waals surface area contributed by atoms with Crippen molar-refractivity contribution in [2.45, 2.75) is 59.0 Å². The molecule has 216 valence electrons. The molecule has 1 N–H and O–H groups in total. The van der Waals surface area contributed by atoms with Crippen molar-refractivity contribution in [2.75, 3.05) is 31.1 Å². The molecule has 3 atom stereocenters. The van der Waals surface area contributed by atoms with E-state index in [2.05, 4.69) is 29.3 Å². The van der Waals surface area contributed by atoms with Crippen LogP contribution in [0.15, 0.2) is 41.8 Å². The first-order valence-corrected chi connectivity index (χ1v) is 15.8. The van der Waals surface area contributed by atoms with Gasteiger partial charge in [0.05, 0.1) is 5.69 Å². The van der Waals surface area contributed by atoms with E-state index < -0.39 is 5.97 Å². The Morgan fingerprint density at radius 2 is 1.78 bits per heavy atom. The fourth-order valence-corrected chi connectivity index (χ4v) is 7.80. The van der Waals surface area contributed by atoms with Crippen molar-refractivity contribution in [3.8, 4) is 17.0 Å². The van der Waals surface area contributed by atoms with E-state index in [0.717, 1.165) is 96.3 Å². The zero-order valence-corrected chi connectivity index (χ0v) is 24.8. The van der Waals surface area contributed by atoms with Gasteiger partial charge in [-0.15, -0.1) is 11.3 Å². The van der Waals surface area contributed by atoms with Crippen LogP contribution in [0.4, 0.5) is 5.13 Å². The standard InChI is InChI=1S/C33H39N3O4S/c1-21-6-11-30(40-19-26-10-7-23(15-22(26)2)32(39)35-12-4-3-5-13-35)28(14-21)29-20-41-33(34-29)36-17-24-8-9-25(18-36)27(24)16-31(37)38/h6-7,10-11,14-15,20,24-25,27H,3-5,8-9,12-13,16-19H2,1-2H3,(H,37,38)/t24-,25+,27?. The molecule has 1 saturated carbocycles. The molecule has 1 aromatic heterocycles. The average molecular weight is 574 g/mol. The summed E-state index contributed by atoms with van der Waals surface area (Å²) >= 11 is 1.65. The Hall–Kier alpha value is -3.39. The number of rotatable bonds is 8. The van der Waals surface area contributed by atoms with Crippen molar-refractivity contribution in [3.05, 3.63) is 64.0 Å². The number of carbonyl (C=O) groups excluding carboxylic acids is 1. The molecule has 2 bridgehead atoms. The van der Waals surface area contributed by atoms with Crippen molar-refractivity contribution in [1.29, 1.82) is 0 Å². The second-order valence-corrected chi connectivity index (χ2v) is 12.9. The van der Waals surface area contributed by atoms with Crippen LogP contribution in [-0.2, 0) is 11.4 Å². The highest BCUT2D eigenvalue weighted by Crippen LogP contribution is 2.46. The van der Waals surface area contributed by atoms with Gasteiger partial charge in [0.15, 0.2) is 5.13 Å². The molecular formula is C33H39N3O4S. The van der Waals surface area contributed by atoms with E-state index in [9.17, 15) is 14.7 Å². The van der Waals surface area contributed by atoms with E-state index in [0.29, 0.717) is 24.4 Å². The van der Waals surface area contributed by atoms with Gasteiger partial charge in [0.2, 0.25) is 0 Å². The number of amides is 1. The summed E-state index contributed by atoms with van der Waals surface area (Å²) in [5.74, 6) is 1.39. The lowest BCUT2D eigenvalue weighted by atomic mass is 9.83. The molecule has 8 heteroatoms. The summed E-state index contributed by atoms with van der Waals surface area (Å²) in [6.45, 7) is 8.00. The summed E-state index contributed by atoms with van der Waals surface area (Å²) in [6, 6.07) is 12.1. The van der Waals surface area contributed by atoms with Crippen LogP contribution < -0.4 is 9.64 Å². The number of aliphatic carboxylic acids is 1. The summed E-state index contributed by atoms with van der Waals surface area (Å²) in [5.41, 5.74) is 5.89. The number of thiazole rings is 1. The molecule has 1 aliphatic carbocycles. The van der Waals surface area contributed by atoms with Crippen LogP contribution >= 0.6 is 11.3 Å². The van der Waals surface area contributed by atoms with Crippen molar-refractivity contribution in [2.24, 2.45) is 17.8 Å². The molecule has 2 aromatic carbocycles. The normalized spacial score (nSPS) is 22.1. The lowest BCUT2D eigenvalue weighted by Crippen LogP contribution is -2.42. The third-order valence-corrected chi connectivity index (χ3v) is 10.1. The topological polar surface area (TPSA) is 83.0 Å². The molecule has 3 aliphatic rings. The highest BCUT2D eigenvalue weighted by Gasteiger charge is 2.43. The first-order chi connectivity index (χ1) is 19.9. The van der Waals surface area contributed by atoms with E-state index >= 15 is 0 Å². The minimum absolute atomic E-state index is 0.125. The molecule has 7 nitrogen and oxygen atoms in total. The minimum Gasteiger partial charge on any atom is -0.488 e. The molecule has 6 rings (SSSR count). The molecule has 3 heterocycles. The Kier molecular flexibility index (Phi) is 8.02. The van der Waals surface area contributed by atoms with Crippen molar-refractivity contribution in [1.82, 2.24) is 9.88 Å². The van der Waals surface area contributed by atoms with Crippen LogP contribution in [0.2, 0.25) is 0 Å². The van der Waals surface area contributed by atoms with E-state index in [-0.39, 0.29) is 12.3 Å². The van der Waals surface area contributed by atoms with Crippen LogP contribution in [0.25, 0.3) is 11.3 Å². The Morgan fingerprint density at radius 1 is 1.02 bits per heavy atom. The van der Waals surface area contributed by atoms with Crippen molar-refractivity contribution < 1.29 is 19.4 Å². The lowest BCUT2D eigenvalue weighted by Gasteiger charge is -2.37. The molecule has 41 heavy (non-hydrogen) atoms. The molecule has 3 aromatic rings. The number of carbonyl (C=O) groups is 2. The number of fused-ring (bicyclic) bond motifs is 2. The number of carboxylic acids is 1. The van der Waals surface area contributed by atoms with Gasteiger partial charge >= 0.3 is 5.97 Å². The second-order valence-electron chi connectivity index (χ2n) is 12.1. The zero-order chi connectivity index (χ0) is 28.5. The van der Waals surface area contributed by atoms with Gasteiger partial charge in [-0.05, 0) is 99.1 Å². The van der Waals surface area contributed by atoms with E-state index in [4.69, 9.17) is 9.72 Å². The summed E-state index contributed by atoms with van der Waals surface area (Å²) in [4.78, 5) is 33.7. The quantitative estimate of drug-likeness (QED) is 0.328. The first kappa shape index (κ1) is 27.8. The summed E-state index contributed by atoms with van der Waals surface area (Å²) < 4.78 is 6.38. The molecule has 2 aliphatic heterocycles. The van der Waals surface area contributed by atoms with Gasteiger partial charge in [-0.25, -0.2) is 4.98 Å². The van der Waals surface area contributed by atoms with E-state index in [1.54, 1.807) is 11.3 Å². The van der Waals surface area contributed by atoms with Crippen LogP contribution in [0.5, 0.6) is 5.75 Å². The highest BCUT2D eigenvalue weighted by molar-refractivity contribution is 7.14. The Balaban J connectivity index is 1.15. The number of hydrogen-bond donors (Lipinski definition) is 1. The van der Waals surface area contributed by atoms with Gasteiger partial charge in [-0.2, -0.15) is 0 Å². The number of benzene rings is 2. The van der Waals surface area contributed by atoms with Crippen LogP contribution in [0, 0.1) is 31.6 Å². The zero-order valence-electron chi connectivity index (χ0n) is 24.0. The SMILES string of the molecule is Cc1ccc(OCc2ccc(C(=O)N3CCCCC3)cc2C)c(-c2csc(N3C[C@H]4CC[C@@H](C3)C4CC(=O)O)n2)c1. The number of aromatic nitrogens is 1. The van der Waals surface area contributed by atoms with Crippen molar-refractivity contribution in [3.63, 3.8) is 0 Å². The summed E-state index contributed by atoms with van der Waals surface area (Å²) in [5, 5.41) is 12.5. The monoisotopic (exact) mass is 573 g/mol. The predicted molar refractivity (Wildman–Crippen MR) is 162 cm³/mol. The number of hydrogen-bond acceptors (Lipinski definition) is 6. The number of anilines is 1. The first-order valence-electron chi connectivity index (χ1n) is 14.9. The second kappa shape index (κ2) is 11.8. The third kappa shape index (κ3) is 5.98. The van der Waals surface area contributed by atoms with E-state index in [1.807, 2.05) is 36.1 Å². The largest absolute Gasteiger partial charge is 0.488 e. The van der Waals surface area contributed by atoms with Gasteiger partial charge in [0.25, 0.3) is 5.91 Å². The lowest BCUT2D eigenvalue weighted by molar-refractivity contribution is -0.138.